The highest BCUT2D eigenvalue weighted by atomic mass is 32.2. The van der Waals surface area contributed by atoms with Crippen LogP contribution in [0.2, 0.25) is 0 Å². The summed E-state index contributed by atoms with van der Waals surface area (Å²) >= 11 is 2.44. The Morgan fingerprint density at radius 2 is 1.91 bits per heavy atom. The van der Waals surface area contributed by atoms with E-state index in [9.17, 15) is 13.2 Å². The number of nitrogens with zero attached hydrogens (tertiary/aromatic N) is 3. The fourth-order valence-corrected chi connectivity index (χ4v) is 5.82. The summed E-state index contributed by atoms with van der Waals surface area (Å²) in [6, 6.07) is 13.4. The minimum atomic E-state index is -3.71. The van der Waals surface area contributed by atoms with Gasteiger partial charge in [0.05, 0.1) is 31.2 Å². The second-order valence-corrected chi connectivity index (χ2v) is 11.4. The van der Waals surface area contributed by atoms with Crippen molar-refractivity contribution in [2.45, 2.75) is 11.8 Å². The van der Waals surface area contributed by atoms with Gasteiger partial charge < -0.3 is 9.47 Å². The quantitative estimate of drug-likeness (QED) is 0.248. The molecule has 0 unspecified atom stereocenters. The van der Waals surface area contributed by atoms with Crippen LogP contribution in [0, 0.1) is 12.3 Å². The minimum Gasteiger partial charge on any atom is -0.493 e. The molecule has 1 amide bonds. The number of hydrogen-bond acceptors (Lipinski definition) is 9. The van der Waals surface area contributed by atoms with E-state index >= 15 is 0 Å². The number of thioether (sulfide) groups is 1. The molecule has 0 atom stereocenters. The maximum Gasteiger partial charge on any atom is 0.283 e. The Hall–Kier alpha value is -3.09. The molecular weight excluding hydrogens is 508 g/mol. The van der Waals surface area contributed by atoms with Crippen molar-refractivity contribution in [1.82, 2.24) is 4.90 Å². The fraction of sp³-hybridized carbons (Fsp3) is 0.217. The number of hydrogen-bond donors (Lipinski definition) is 1. The normalized spacial score (nSPS) is 16.8. The summed E-state index contributed by atoms with van der Waals surface area (Å²) in [5, 5.41) is 8.16. The largest absolute Gasteiger partial charge is 0.493 e. The van der Waals surface area contributed by atoms with Crippen molar-refractivity contribution >= 4 is 61.7 Å². The third-order valence-electron chi connectivity index (χ3n) is 4.96. The summed E-state index contributed by atoms with van der Waals surface area (Å²) in [7, 11) is -2.20. The molecule has 0 aromatic heterocycles. The van der Waals surface area contributed by atoms with Crippen LogP contribution >= 0.6 is 23.7 Å². The molecule has 0 saturated heterocycles. The van der Waals surface area contributed by atoms with Crippen LogP contribution < -0.4 is 9.47 Å². The van der Waals surface area contributed by atoms with Crippen molar-refractivity contribution in [3.8, 4) is 11.5 Å². The number of ether oxygens (including phenoxy) is 2. The molecule has 0 fully saturated rings. The van der Waals surface area contributed by atoms with Crippen molar-refractivity contribution in [1.29, 1.82) is 5.41 Å². The van der Waals surface area contributed by atoms with Gasteiger partial charge in [-0.3, -0.25) is 10.2 Å². The third-order valence-corrected chi connectivity index (χ3v) is 7.69. The average molecular weight is 531 g/mol. The lowest BCUT2D eigenvalue weighted by atomic mass is 10.1. The first kappa shape index (κ1) is 25.0. The molecule has 2 aliphatic rings. The zero-order valence-electron chi connectivity index (χ0n) is 19.1. The number of carbonyl (C=O) groups excluding carboxylic acids is 1. The smallest absolute Gasteiger partial charge is 0.283 e. The highest BCUT2D eigenvalue weighted by Crippen LogP contribution is 2.32. The number of rotatable bonds is 7. The van der Waals surface area contributed by atoms with Gasteiger partial charge >= 0.3 is 0 Å². The van der Waals surface area contributed by atoms with E-state index in [0.717, 1.165) is 28.9 Å². The van der Waals surface area contributed by atoms with Crippen molar-refractivity contribution in [2.24, 2.45) is 9.39 Å². The van der Waals surface area contributed by atoms with E-state index in [-0.39, 0.29) is 21.7 Å². The van der Waals surface area contributed by atoms with E-state index in [4.69, 9.17) is 14.9 Å². The van der Waals surface area contributed by atoms with Crippen LogP contribution in [0.15, 0.2) is 62.3 Å². The molecule has 4 rings (SSSR count). The Balaban J connectivity index is 1.48. The number of benzene rings is 2. The topological polar surface area (TPSA) is 121 Å². The number of fused-ring (bicyclic) bond motifs is 1. The number of aliphatic imine (C=N–C) groups is 1. The van der Waals surface area contributed by atoms with E-state index in [1.54, 1.807) is 30.0 Å². The summed E-state index contributed by atoms with van der Waals surface area (Å²) in [5.74, 6) is 0.815. The molecule has 0 bridgehead atoms. The fourth-order valence-electron chi connectivity index (χ4n) is 3.24. The SMILES string of the molecule is COc1cc(/C=C2/C(=N)N3C(=NC2=O)SN=C3S(C)(=O)=O)ccc1OCCSc1ccc(C)cc1. The second-order valence-electron chi connectivity index (χ2n) is 7.60. The lowest BCUT2D eigenvalue weighted by Gasteiger charge is -2.23. The van der Waals surface area contributed by atoms with E-state index in [0.29, 0.717) is 23.7 Å². The molecule has 12 heteroatoms. The molecule has 182 valence electrons. The lowest BCUT2D eigenvalue weighted by Crippen LogP contribution is -2.45. The highest BCUT2D eigenvalue weighted by Gasteiger charge is 2.41. The van der Waals surface area contributed by atoms with Crippen molar-refractivity contribution in [3.63, 3.8) is 0 Å². The standard InChI is InChI=1S/C23H22N4O5S3/c1-14-4-7-16(8-5-14)33-11-10-32-18-9-6-15(13-19(18)31-2)12-17-20(24)27-22(25-21(17)28)34-26-23(27)35(3,29)30/h4-9,12-13,24H,10-11H2,1-3H3/b17-12-,24-20?. The minimum absolute atomic E-state index is 0.0439. The van der Waals surface area contributed by atoms with Crippen LogP contribution in [-0.4, -0.2) is 61.1 Å². The van der Waals surface area contributed by atoms with Gasteiger partial charge in [0.25, 0.3) is 5.91 Å². The number of amidine groups is 3. The first-order chi connectivity index (χ1) is 16.7. The number of sulfone groups is 1. The van der Waals surface area contributed by atoms with Gasteiger partial charge in [-0.25, -0.2) is 13.3 Å². The predicted molar refractivity (Wildman–Crippen MR) is 140 cm³/mol. The first-order valence-electron chi connectivity index (χ1n) is 10.4. The van der Waals surface area contributed by atoms with E-state index in [2.05, 4.69) is 33.7 Å². The van der Waals surface area contributed by atoms with E-state index < -0.39 is 15.7 Å². The molecule has 1 N–H and O–H groups in total. The van der Waals surface area contributed by atoms with Crippen molar-refractivity contribution in [2.75, 3.05) is 25.7 Å². The molecule has 2 aromatic carbocycles. The lowest BCUT2D eigenvalue weighted by molar-refractivity contribution is -0.114. The summed E-state index contributed by atoms with van der Waals surface area (Å²) in [6.07, 6.45) is 2.46. The second kappa shape index (κ2) is 10.3. The van der Waals surface area contributed by atoms with Crippen molar-refractivity contribution < 1.29 is 22.7 Å². The molecule has 0 spiro atoms. The Morgan fingerprint density at radius 1 is 1.17 bits per heavy atom. The van der Waals surface area contributed by atoms with Crippen LogP contribution in [0.4, 0.5) is 0 Å². The number of nitrogens with one attached hydrogen (secondary N) is 1. The van der Waals surface area contributed by atoms with Crippen LogP contribution in [0.25, 0.3) is 6.08 Å². The number of carbonyl (C=O) groups is 1. The molecular formula is C23H22N4O5S3. The Labute approximate surface area is 211 Å². The summed E-state index contributed by atoms with van der Waals surface area (Å²) in [5.41, 5.74) is 1.73. The van der Waals surface area contributed by atoms with Gasteiger partial charge in [0, 0.05) is 16.9 Å². The zero-order chi connectivity index (χ0) is 25.2. The van der Waals surface area contributed by atoms with Gasteiger partial charge in [-0.05, 0) is 42.8 Å². The zero-order valence-corrected chi connectivity index (χ0v) is 21.6. The maximum absolute atomic E-state index is 12.5. The van der Waals surface area contributed by atoms with Gasteiger partial charge in [0.1, 0.15) is 5.84 Å². The highest BCUT2D eigenvalue weighted by molar-refractivity contribution is 8.16. The van der Waals surface area contributed by atoms with Crippen molar-refractivity contribution in [3.05, 3.63) is 59.2 Å². The molecule has 2 aliphatic heterocycles. The van der Waals surface area contributed by atoms with Gasteiger partial charge in [0.15, 0.2) is 11.5 Å². The predicted octanol–water partition coefficient (Wildman–Crippen LogP) is 3.80. The number of aryl methyl sites for hydroxylation is 1. The first-order valence-corrected chi connectivity index (χ1v) is 14.0. The van der Waals surface area contributed by atoms with Gasteiger partial charge in [-0.2, -0.15) is 9.39 Å². The van der Waals surface area contributed by atoms with Gasteiger partial charge in [-0.1, -0.05) is 23.8 Å². The molecule has 0 radical (unpaired) electrons. The van der Waals surface area contributed by atoms with Gasteiger partial charge in [0.2, 0.25) is 20.2 Å². The van der Waals surface area contributed by atoms with Gasteiger partial charge in [-0.15, -0.1) is 11.8 Å². The monoisotopic (exact) mass is 530 g/mol. The number of methoxy groups -OCH3 is 1. The molecule has 2 aromatic rings. The Morgan fingerprint density at radius 3 is 2.60 bits per heavy atom. The maximum atomic E-state index is 12.5. The molecule has 0 aliphatic carbocycles. The Kier molecular flexibility index (Phi) is 7.33. The van der Waals surface area contributed by atoms with Crippen LogP contribution in [-0.2, 0) is 14.6 Å². The van der Waals surface area contributed by atoms with Crippen LogP contribution in [0.1, 0.15) is 11.1 Å². The van der Waals surface area contributed by atoms with Crippen LogP contribution in [0.3, 0.4) is 0 Å². The third kappa shape index (κ3) is 5.60. The molecule has 35 heavy (non-hydrogen) atoms. The summed E-state index contributed by atoms with van der Waals surface area (Å²) in [4.78, 5) is 18.7. The van der Waals surface area contributed by atoms with Crippen LogP contribution in [0.5, 0.6) is 11.5 Å². The molecule has 9 nitrogen and oxygen atoms in total. The summed E-state index contributed by atoms with van der Waals surface area (Å²) < 4.78 is 39.2. The summed E-state index contributed by atoms with van der Waals surface area (Å²) in [6.45, 7) is 2.52. The average Bonchev–Trinajstić information content (AvgIpc) is 3.25. The molecule has 2 heterocycles. The number of amides is 1. The van der Waals surface area contributed by atoms with E-state index in [1.165, 1.54) is 23.6 Å². The Bertz CT molecular complexity index is 1380. The van der Waals surface area contributed by atoms with E-state index in [1.807, 2.05) is 6.92 Å². The molecule has 0 saturated carbocycles.